The highest BCUT2D eigenvalue weighted by Crippen LogP contribution is 2.30. The van der Waals surface area contributed by atoms with Crippen LogP contribution in [0.25, 0.3) is 16.6 Å². The molecule has 4 rings (SSSR count). The Morgan fingerprint density at radius 2 is 2.00 bits per heavy atom. The van der Waals surface area contributed by atoms with Crippen LogP contribution in [0.5, 0.6) is 5.75 Å². The fourth-order valence-corrected chi connectivity index (χ4v) is 3.08. The van der Waals surface area contributed by atoms with E-state index in [2.05, 4.69) is 43.3 Å². The zero-order chi connectivity index (χ0) is 17.2. The van der Waals surface area contributed by atoms with Crippen LogP contribution in [-0.2, 0) is 0 Å². The van der Waals surface area contributed by atoms with Crippen molar-refractivity contribution in [1.82, 2.24) is 14.5 Å². The summed E-state index contributed by atoms with van der Waals surface area (Å²) in [5, 5.41) is 4.52. The van der Waals surface area contributed by atoms with E-state index < -0.39 is 0 Å². The fourth-order valence-electron chi connectivity index (χ4n) is 2.72. The Balaban J connectivity index is 1.78. The van der Waals surface area contributed by atoms with E-state index >= 15 is 0 Å². The van der Waals surface area contributed by atoms with Gasteiger partial charge in [0.2, 0.25) is 0 Å². The minimum atomic E-state index is 0.772. The van der Waals surface area contributed by atoms with Crippen molar-refractivity contribution in [2.24, 2.45) is 0 Å². The maximum absolute atomic E-state index is 5.44. The lowest BCUT2D eigenvalue weighted by Gasteiger charge is -2.13. The predicted octanol–water partition coefficient (Wildman–Crippen LogP) is 4.94. The van der Waals surface area contributed by atoms with Crippen LogP contribution >= 0.6 is 15.9 Å². The Morgan fingerprint density at radius 1 is 1.08 bits per heavy atom. The molecule has 0 bridgehead atoms. The van der Waals surface area contributed by atoms with Gasteiger partial charge in [0, 0.05) is 52.0 Å². The molecule has 0 amide bonds. The van der Waals surface area contributed by atoms with E-state index in [9.17, 15) is 0 Å². The Labute approximate surface area is 153 Å². The zero-order valence-corrected chi connectivity index (χ0v) is 15.1. The molecule has 4 aromatic rings. The van der Waals surface area contributed by atoms with Crippen molar-refractivity contribution >= 4 is 38.2 Å². The second-order valence-corrected chi connectivity index (χ2v) is 6.45. The number of aromatic nitrogens is 3. The van der Waals surface area contributed by atoms with E-state index in [-0.39, 0.29) is 0 Å². The van der Waals surface area contributed by atoms with Gasteiger partial charge in [-0.3, -0.25) is 4.98 Å². The number of nitrogens with one attached hydrogen (secondary N) is 1. The summed E-state index contributed by atoms with van der Waals surface area (Å²) in [5.41, 5.74) is 3.82. The van der Waals surface area contributed by atoms with Crippen molar-refractivity contribution in [3.63, 3.8) is 0 Å². The summed E-state index contributed by atoms with van der Waals surface area (Å²) < 4.78 is 8.40. The average Bonchev–Trinajstić information content (AvgIpc) is 3.17. The lowest BCUT2D eigenvalue weighted by molar-refractivity contribution is 0.415. The Bertz CT molecular complexity index is 1030. The number of ether oxygens (including phenoxy) is 1. The van der Waals surface area contributed by atoms with Crippen LogP contribution < -0.4 is 10.1 Å². The number of nitrogens with zero attached hydrogens (tertiary/aromatic N) is 3. The first-order valence-corrected chi connectivity index (χ1v) is 8.51. The SMILES string of the molecule is COc1cc(Nc2ccnc3ccc(Br)cc23)cc(-n2ccnc2)c1. The lowest BCUT2D eigenvalue weighted by atomic mass is 10.1. The lowest BCUT2D eigenvalue weighted by Crippen LogP contribution is -1.97. The standard InChI is InChI=1S/C19H15BrN4O/c1-25-16-10-14(9-15(11-16)24-7-6-21-12-24)23-19-4-5-22-18-3-2-13(20)8-17(18)19/h2-12H,1H3,(H,22,23). The second-order valence-electron chi connectivity index (χ2n) is 5.53. The monoisotopic (exact) mass is 394 g/mol. The van der Waals surface area contributed by atoms with Crippen LogP contribution in [0.3, 0.4) is 0 Å². The molecule has 0 unspecified atom stereocenters. The summed E-state index contributed by atoms with van der Waals surface area (Å²) in [4.78, 5) is 8.53. The van der Waals surface area contributed by atoms with Gasteiger partial charge in [-0.15, -0.1) is 0 Å². The molecular weight excluding hydrogens is 380 g/mol. The van der Waals surface area contributed by atoms with Crippen molar-refractivity contribution in [2.75, 3.05) is 12.4 Å². The summed E-state index contributed by atoms with van der Waals surface area (Å²) in [7, 11) is 1.66. The molecule has 5 nitrogen and oxygen atoms in total. The topological polar surface area (TPSA) is 52.0 Å². The molecule has 6 heteroatoms. The number of anilines is 2. The van der Waals surface area contributed by atoms with E-state index in [4.69, 9.17) is 4.74 Å². The molecule has 2 aromatic carbocycles. The van der Waals surface area contributed by atoms with Gasteiger partial charge in [0.25, 0.3) is 0 Å². The Morgan fingerprint density at radius 3 is 2.80 bits per heavy atom. The van der Waals surface area contributed by atoms with Gasteiger partial charge in [-0.1, -0.05) is 15.9 Å². The molecule has 0 saturated heterocycles. The highest BCUT2D eigenvalue weighted by atomic mass is 79.9. The third-order valence-electron chi connectivity index (χ3n) is 3.91. The van der Waals surface area contributed by atoms with E-state index in [1.165, 1.54) is 0 Å². The summed E-state index contributed by atoms with van der Waals surface area (Å²) in [5.74, 6) is 0.772. The van der Waals surface area contributed by atoms with Crippen molar-refractivity contribution in [2.45, 2.75) is 0 Å². The summed E-state index contributed by atoms with van der Waals surface area (Å²) in [6.07, 6.45) is 7.21. The van der Waals surface area contributed by atoms with E-state index in [1.54, 1.807) is 25.8 Å². The average molecular weight is 395 g/mol. The van der Waals surface area contributed by atoms with Gasteiger partial charge < -0.3 is 14.6 Å². The molecule has 0 spiro atoms. The molecule has 124 valence electrons. The van der Waals surface area contributed by atoms with Gasteiger partial charge in [0.05, 0.1) is 24.6 Å². The van der Waals surface area contributed by atoms with Crippen LogP contribution in [0.15, 0.2) is 71.9 Å². The summed E-state index contributed by atoms with van der Waals surface area (Å²) >= 11 is 3.53. The van der Waals surface area contributed by atoms with Crippen molar-refractivity contribution < 1.29 is 4.74 Å². The minimum Gasteiger partial charge on any atom is -0.497 e. The van der Waals surface area contributed by atoms with Crippen molar-refractivity contribution in [3.8, 4) is 11.4 Å². The van der Waals surface area contributed by atoms with Crippen molar-refractivity contribution in [3.05, 3.63) is 71.9 Å². The number of imidazole rings is 1. The molecule has 0 aliphatic carbocycles. The molecule has 25 heavy (non-hydrogen) atoms. The van der Waals surface area contributed by atoms with Gasteiger partial charge >= 0.3 is 0 Å². The first-order chi connectivity index (χ1) is 12.2. The normalized spacial score (nSPS) is 10.8. The molecule has 0 atom stereocenters. The molecular formula is C19H15BrN4O. The number of rotatable bonds is 4. The molecule has 0 fully saturated rings. The van der Waals surface area contributed by atoms with E-state index in [0.717, 1.165) is 38.2 Å². The predicted molar refractivity (Wildman–Crippen MR) is 103 cm³/mol. The largest absolute Gasteiger partial charge is 0.497 e. The van der Waals surface area contributed by atoms with Gasteiger partial charge in [0.15, 0.2) is 0 Å². The summed E-state index contributed by atoms with van der Waals surface area (Å²) in [6, 6.07) is 14.0. The minimum absolute atomic E-state index is 0.772. The number of pyridine rings is 1. The molecule has 0 aliphatic heterocycles. The highest BCUT2D eigenvalue weighted by Gasteiger charge is 2.07. The Hall–Kier alpha value is -2.86. The first kappa shape index (κ1) is 15.7. The maximum Gasteiger partial charge on any atom is 0.123 e. The second kappa shape index (κ2) is 6.57. The van der Waals surface area contributed by atoms with Gasteiger partial charge in [0.1, 0.15) is 5.75 Å². The molecule has 2 heterocycles. The number of fused-ring (bicyclic) bond motifs is 1. The molecule has 0 aliphatic rings. The highest BCUT2D eigenvalue weighted by molar-refractivity contribution is 9.10. The zero-order valence-electron chi connectivity index (χ0n) is 13.5. The number of hydrogen-bond donors (Lipinski definition) is 1. The van der Waals surface area contributed by atoms with E-state index in [0.29, 0.717) is 0 Å². The molecule has 0 saturated carbocycles. The Kier molecular flexibility index (Phi) is 4.11. The van der Waals surface area contributed by atoms with E-state index in [1.807, 2.05) is 41.1 Å². The van der Waals surface area contributed by atoms with Crippen LogP contribution in [0, 0.1) is 0 Å². The number of benzene rings is 2. The fraction of sp³-hybridized carbons (Fsp3) is 0.0526. The van der Waals surface area contributed by atoms with Crippen molar-refractivity contribution in [1.29, 1.82) is 0 Å². The van der Waals surface area contributed by atoms with Crippen LogP contribution in [0.2, 0.25) is 0 Å². The third kappa shape index (κ3) is 3.21. The molecule has 1 N–H and O–H groups in total. The number of halogens is 1. The first-order valence-electron chi connectivity index (χ1n) is 7.71. The number of methoxy groups -OCH3 is 1. The quantitative estimate of drug-likeness (QED) is 0.532. The van der Waals surface area contributed by atoms with Crippen LogP contribution in [-0.4, -0.2) is 21.6 Å². The maximum atomic E-state index is 5.44. The smallest absolute Gasteiger partial charge is 0.123 e. The third-order valence-corrected chi connectivity index (χ3v) is 4.41. The van der Waals surface area contributed by atoms with Crippen LogP contribution in [0.1, 0.15) is 0 Å². The number of hydrogen-bond acceptors (Lipinski definition) is 4. The van der Waals surface area contributed by atoms with Gasteiger partial charge in [-0.25, -0.2) is 4.98 Å². The summed E-state index contributed by atoms with van der Waals surface area (Å²) in [6.45, 7) is 0. The molecule has 2 aromatic heterocycles. The van der Waals surface area contributed by atoms with Gasteiger partial charge in [-0.05, 0) is 30.3 Å². The van der Waals surface area contributed by atoms with Gasteiger partial charge in [-0.2, -0.15) is 0 Å². The van der Waals surface area contributed by atoms with Crippen LogP contribution in [0.4, 0.5) is 11.4 Å². The molecule has 0 radical (unpaired) electrons.